The molecule has 0 radical (unpaired) electrons. The second-order valence-electron chi connectivity index (χ2n) is 5.20. The van der Waals surface area contributed by atoms with Gasteiger partial charge in [-0.15, -0.1) is 0 Å². The van der Waals surface area contributed by atoms with Crippen LogP contribution >= 0.6 is 0 Å². The van der Waals surface area contributed by atoms with Crippen LogP contribution in [0.1, 0.15) is 36.8 Å². The van der Waals surface area contributed by atoms with Gasteiger partial charge in [-0.25, -0.2) is 0 Å². The van der Waals surface area contributed by atoms with E-state index in [-0.39, 0.29) is 12.1 Å². The van der Waals surface area contributed by atoms with Crippen LogP contribution in [-0.2, 0) is 12.6 Å². The van der Waals surface area contributed by atoms with Gasteiger partial charge >= 0.3 is 6.18 Å². The predicted molar refractivity (Wildman–Crippen MR) is 74.9 cm³/mol. The SMILES string of the molecule is CC(Cc1ccco1)NC(C)c1cccc(C(F)(F)F)c1. The third kappa shape index (κ3) is 4.36. The van der Waals surface area contributed by atoms with Crippen LogP contribution in [0.15, 0.2) is 47.1 Å². The van der Waals surface area contributed by atoms with Gasteiger partial charge in [-0.05, 0) is 43.7 Å². The molecule has 114 valence electrons. The molecule has 5 heteroatoms. The fourth-order valence-corrected chi connectivity index (χ4v) is 2.30. The van der Waals surface area contributed by atoms with Crippen LogP contribution in [0, 0.1) is 0 Å². The van der Waals surface area contributed by atoms with Crippen molar-refractivity contribution in [3.05, 3.63) is 59.5 Å². The summed E-state index contributed by atoms with van der Waals surface area (Å²) in [7, 11) is 0. The minimum atomic E-state index is -4.31. The average Bonchev–Trinajstić information content (AvgIpc) is 2.90. The molecule has 2 nitrogen and oxygen atoms in total. The van der Waals surface area contributed by atoms with E-state index < -0.39 is 11.7 Å². The molecule has 0 fully saturated rings. The topological polar surface area (TPSA) is 25.2 Å². The molecule has 0 amide bonds. The number of hydrogen-bond donors (Lipinski definition) is 1. The van der Waals surface area contributed by atoms with E-state index in [1.165, 1.54) is 12.1 Å². The van der Waals surface area contributed by atoms with Crippen molar-refractivity contribution in [2.45, 2.75) is 38.5 Å². The Balaban J connectivity index is 2.01. The second-order valence-corrected chi connectivity index (χ2v) is 5.20. The molecule has 0 aliphatic carbocycles. The standard InChI is InChI=1S/C16H18F3NO/c1-11(9-15-7-4-8-21-15)20-12(2)13-5-3-6-14(10-13)16(17,18)19/h3-8,10-12,20H,9H2,1-2H3. The van der Waals surface area contributed by atoms with Gasteiger partial charge in [0.15, 0.2) is 0 Å². The van der Waals surface area contributed by atoms with Gasteiger partial charge < -0.3 is 9.73 Å². The number of furan rings is 1. The lowest BCUT2D eigenvalue weighted by molar-refractivity contribution is -0.137. The van der Waals surface area contributed by atoms with Crippen molar-refractivity contribution in [2.24, 2.45) is 0 Å². The number of halogens is 3. The summed E-state index contributed by atoms with van der Waals surface area (Å²) in [4.78, 5) is 0. The van der Waals surface area contributed by atoms with E-state index in [0.717, 1.165) is 11.8 Å². The first-order chi connectivity index (χ1) is 9.86. The summed E-state index contributed by atoms with van der Waals surface area (Å²) >= 11 is 0. The van der Waals surface area contributed by atoms with Crippen molar-refractivity contribution in [2.75, 3.05) is 0 Å². The van der Waals surface area contributed by atoms with Crippen molar-refractivity contribution in [1.82, 2.24) is 5.32 Å². The van der Waals surface area contributed by atoms with Crippen molar-refractivity contribution >= 4 is 0 Å². The van der Waals surface area contributed by atoms with Crippen LogP contribution < -0.4 is 5.32 Å². The van der Waals surface area contributed by atoms with Gasteiger partial charge in [-0.2, -0.15) is 13.2 Å². The van der Waals surface area contributed by atoms with Crippen LogP contribution in [0.2, 0.25) is 0 Å². The monoisotopic (exact) mass is 297 g/mol. The van der Waals surface area contributed by atoms with Crippen molar-refractivity contribution in [1.29, 1.82) is 0 Å². The van der Waals surface area contributed by atoms with Gasteiger partial charge in [-0.3, -0.25) is 0 Å². The number of nitrogens with one attached hydrogen (secondary N) is 1. The summed E-state index contributed by atoms with van der Waals surface area (Å²) in [6, 6.07) is 9.04. The quantitative estimate of drug-likeness (QED) is 0.874. The Morgan fingerprint density at radius 1 is 1.14 bits per heavy atom. The Bertz CT molecular complexity index is 563. The molecule has 0 aliphatic rings. The van der Waals surface area contributed by atoms with Crippen LogP contribution in [0.5, 0.6) is 0 Å². The smallest absolute Gasteiger partial charge is 0.416 e. The summed E-state index contributed by atoms with van der Waals surface area (Å²) in [6.07, 6.45) is -2.01. The summed E-state index contributed by atoms with van der Waals surface area (Å²) < 4.78 is 43.4. The first kappa shape index (κ1) is 15.6. The molecule has 1 aromatic carbocycles. The van der Waals surface area contributed by atoms with E-state index in [9.17, 15) is 13.2 Å². The summed E-state index contributed by atoms with van der Waals surface area (Å²) in [6.45, 7) is 3.83. The minimum absolute atomic E-state index is 0.0979. The lowest BCUT2D eigenvalue weighted by Crippen LogP contribution is -2.30. The Kier molecular flexibility index (Phi) is 4.73. The molecule has 1 aromatic heterocycles. The van der Waals surface area contributed by atoms with Crippen molar-refractivity contribution < 1.29 is 17.6 Å². The molecule has 0 saturated heterocycles. The molecule has 1 heterocycles. The third-order valence-electron chi connectivity index (χ3n) is 3.34. The number of alkyl halides is 3. The highest BCUT2D eigenvalue weighted by molar-refractivity contribution is 5.27. The number of benzene rings is 1. The molecule has 0 bridgehead atoms. The fourth-order valence-electron chi connectivity index (χ4n) is 2.30. The predicted octanol–water partition coefficient (Wildman–Crippen LogP) is 4.58. The van der Waals surface area contributed by atoms with Crippen molar-refractivity contribution in [3.63, 3.8) is 0 Å². The lowest BCUT2D eigenvalue weighted by Gasteiger charge is -2.20. The van der Waals surface area contributed by atoms with Crippen LogP contribution in [0.4, 0.5) is 13.2 Å². The van der Waals surface area contributed by atoms with E-state index in [4.69, 9.17) is 4.42 Å². The zero-order valence-corrected chi connectivity index (χ0v) is 11.9. The van der Waals surface area contributed by atoms with Gasteiger partial charge in [0.25, 0.3) is 0 Å². The van der Waals surface area contributed by atoms with Gasteiger partial charge in [0.1, 0.15) is 5.76 Å². The Hall–Kier alpha value is -1.75. The van der Waals surface area contributed by atoms with E-state index >= 15 is 0 Å². The molecular formula is C16H18F3NO. The number of rotatable bonds is 5. The van der Waals surface area contributed by atoms with Gasteiger partial charge in [0.05, 0.1) is 11.8 Å². The van der Waals surface area contributed by atoms with Crippen LogP contribution in [-0.4, -0.2) is 6.04 Å². The fraction of sp³-hybridized carbons (Fsp3) is 0.375. The summed E-state index contributed by atoms with van der Waals surface area (Å²) in [5.74, 6) is 0.853. The molecule has 21 heavy (non-hydrogen) atoms. The first-order valence-corrected chi connectivity index (χ1v) is 6.82. The minimum Gasteiger partial charge on any atom is -0.469 e. The number of hydrogen-bond acceptors (Lipinski definition) is 2. The molecule has 2 aromatic rings. The Morgan fingerprint density at radius 3 is 2.52 bits per heavy atom. The maximum absolute atomic E-state index is 12.7. The Labute approximate surface area is 122 Å². The molecule has 0 aliphatic heterocycles. The van der Waals surface area contributed by atoms with Crippen molar-refractivity contribution in [3.8, 4) is 0 Å². The first-order valence-electron chi connectivity index (χ1n) is 6.82. The van der Waals surface area contributed by atoms with E-state index in [1.54, 1.807) is 12.3 Å². The maximum Gasteiger partial charge on any atom is 0.416 e. The molecule has 0 spiro atoms. The van der Waals surface area contributed by atoms with Gasteiger partial charge in [0, 0.05) is 18.5 Å². The largest absolute Gasteiger partial charge is 0.469 e. The molecule has 2 rings (SSSR count). The molecule has 0 saturated carbocycles. The highest BCUT2D eigenvalue weighted by Crippen LogP contribution is 2.30. The van der Waals surface area contributed by atoms with E-state index in [0.29, 0.717) is 12.0 Å². The maximum atomic E-state index is 12.7. The molecular weight excluding hydrogens is 279 g/mol. The highest BCUT2D eigenvalue weighted by Gasteiger charge is 2.30. The highest BCUT2D eigenvalue weighted by atomic mass is 19.4. The van der Waals surface area contributed by atoms with Gasteiger partial charge in [0.2, 0.25) is 0 Å². The third-order valence-corrected chi connectivity index (χ3v) is 3.34. The summed E-state index contributed by atoms with van der Waals surface area (Å²) in [5, 5.41) is 3.29. The molecule has 2 unspecified atom stereocenters. The lowest BCUT2D eigenvalue weighted by atomic mass is 10.0. The summed E-state index contributed by atoms with van der Waals surface area (Å²) in [5.41, 5.74) is 0.00320. The Morgan fingerprint density at radius 2 is 1.90 bits per heavy atom. The zero-order chi connectivity index (χ0) is 15.5. The average molecular weight is 297 g/mol. The molecule has 2 atom stereocenters. The van der Waals surface area contributed by atoms with Crippen LogP contribution in [0.3, 0.4) is 0 Å². The van der Waals surface area contributed by atoms with E-state index in [2.05, 4.69) is 5.32 Å². The van der Waals surface area contributed by atoms with Crippen LogP contribution in [0.25, 0.3) is 0 Å². The zero-order valence-electron chi connectivity index (χ0n) is 11.9. The second kappa shape index (κ2) is 6.35. The van der Waals surface area contributed by atoms with E-state index in [1.807, 2.05) is 26.0 Å². The normalized spacial score (nSPS) is 14.9. The van der Waals surface area contributed by atoms with Gasteiger partial charge in [-0.1, -0.05) is 12.1 Å². The molecule has 1 N–H and O–H groups in total.